The van der Waals surface area contributed by atoms with Crippen molar-refractivity contribution in [3.63, 3.8) is 0 Å². The zero-order valence-corrected chi connectivity index (χ0v) is 15.5. The molecule has 1 aliphatic rings. The molecule has 0 bridgehead atoms. The minimum Gasteiger partial charge on any atom is -0.339 e. The number of fused-ring (bicyclic) bond motifs is 1. The number of nitrogens with zero attached hydrogens (tertiary/aromatic N) is 3. The van der Waals surface area contributed by atoms with Crippen molar-refractivity contribution < 1.29 is 12.9 Å². The Morgan fingerprint density at radius 2 is 2.04 bits per heavy atom. The average molecular weight is 375 g/mol. The Morgan fingerprint density at radius 1 is 1.24 bits per heavy atom. The lowest BCUT2D eigenvalue weighted by molar-refractivity contribution is 0.394. The first-order valence-electron chi connectivity index (χ1n) is 7.98. The van der Waals surface area contributed by atoms with Gasteiger partial charge in [0.2, 0.25) is 11.7 Å². The summed E-state index contributed by atoms with van der Waals surface area (Å²) in [6.45, 7) is 4.01. The summed E-state index contributed by atoms with van der Waals surface area (Å²) < 4.78 is 33.1. The molecule has 0 spiro atoms. The third-order valence-electron chi connectivity index (χ3n) is 4.26. The molecule has 0 amide bonds. The normalized spacial score (nSPS) is 14.6. The lowest BCUT2D eigenvalue weighted by Crippen LogP contribution is -2.35. The molecule has 3 aromatic rings. The van der Waals surface area contributed by atoms with Gasteiger partial charge in [0.1, 0.15) is 4.90 Å². The van der Waals surface area contributed by atoms with Crippen molar-refractivity contribution in [3.8, 4) is 10.7 Å². The zero-order valence-electron chi connectivity index (χ0n) is 13.9. The predicted octanol–water partition coefficient (Wildman–Crippen LogP) is 3.56. The second-order valence-corrected chi connectivity index (χ2v) is 9.06. The Labute approximate surface area is 150 Å². The third kappa shape index (κ3) is 2.75. The lowest BCUT2D eigenvalue weighted by atomic mass is 10.0. The number of anilines is 1. The monoisotopic (exact) mass is 375 g/mol. The molecule has 0 fully saturated rings. The number of benzene rings is 1. The van der Waals surface area contributed by atoms with Crippen molar-refractivity contribution in [3.05, 3.63) is 46.7 Å². The van der Waals surface area contributed by atoms with Crippen LogP contribution >= 0.6 is 11.3 Å². The Hall–Kier alpha value is -2.19. The van der Waals surface area contributed by atoms with Crippen LogP contribution < -0.4 is 4.31 Å². The number of aryl methyl sites for hydroxylation is 3. The van der Waals surface area contributed by atoms with Gasteiger partial charge in [-0.2, -0.15) is 4.98 Å². The summed E-state index contributed by atoms with van der Waals surface area (Å²) in [6.07, 6.45) is 1.72. The lowest BCUT2D eigenvalue weighted by Gasteiger charge is -2.30. The van der Waals surface area contributed by atoms with Crippen LogP contribution in [0.25, 0.3) is 10.7 Å². The highest BCUT2D eigenvalue weighted by atomic mass is 32.2. The molecule has 4 rings (SSSR count). The van der Waals surface area contributed by atoms with Crippen molar-refractivity contribution >= 4 is 27.0 Å². The van der Waals surface area contributed by atoms with Crippen molar-refractivity contribution in [1.82, 2.24) is 10.1 Å². The first kappa shape index (κ1) is 16.3. The molecule has 0 atom stereocenters. The molecule has 2 aromatic heterocycles. The molecule has 8 heteroatoms. The van der Waals surface area contributed by atoms with Crippen LogP contribution in [-0.4, -0.2) is 25.1 Å². The van der Waals surface area contributed by atoms with E-state index < -0.39 is 10.0 Å². The summed E-state index contributed by atoms with van der Waals surface area (Å²) in [5, 5.41) is 3.89. The number of rotatable bonds is 3. The quantitative estimate of drug-likeness (QED) is 0.700. The fraction of sp³-hybridized carbons (Fsp3) is 0.294. The highest BCUT2D eigenvalue weighted by Gasteiger charge is 2.31. The first-order chi connectivity index (χ1) is 12.0. The fourth-order valence-corrected chi connectivity index (χ4v) is 6.13. The standard InChI is InChI=1S/C17H17N3O3S2/c1-11-16(10-15(24-11)17-18-12(2)23-19-17)25(21,22)20-9-5-7-13-6-3-4-8-14(13)20/h3-4,6,8,10H,5,7,9H2,1-2H3. The second-order valence-electron chi connectivity index (χ2n) is 5.98. The van der Waals surface area contributed by atoms with Gasteiger partial charge >= 0.3 is 0 Å². The van der Waals surface area contributed by atoms with Gasteiger partial charge in [0.25, 0.3) is 10.0 Å². The summed E-state index contributed by atoms with van der Waals surface area (Å²) in [4.78, 5) is 5.92. The number of para-hydroxylation sites is 1. The highest BCUT2D eigenvalue weighted by molar-refractivity contribution is 7.93. The molecule has 0 unspecified atom stereocenters. The van der Waals surface area contributed by atoms with Gasteiger partial charge < -0.3 is 4.52 Å². The minimum atomic E-state index is -3.63. The molecule has 3 heterocycles. The van der Waals surface area contributed by atoms with E-state index >= 15 is 0 Å². The largest absolute Gasteiger partial charge is 0.339 e. The minimum absolute atomic E-state index is 0.312. The van der Waals surface area contributed by atoms with Crippen LogP contribution in [0.1, 0.15) is 22.8 Å². The number of aromatic nitrogens is 2. The molecule has 0 N–H and O–H groups in total. The number of hydrogen-bond donors (Lipinski definition) is 0. The molecular formula is C17H17N3O3S2. The molecule has 0 saturated heterocycles. The SMILES string of the molecule is Cc1nc(-c2cc(S(=O)(=O)N3CCCc4ccccc43)c(C)s2)no1. The van der Waals surface area contributed by atoms with Crippen molar-refractivity contribution in [2.45, 2.75) is 31.6 Å². The molecule has 130 valence electrons. The average Bonchev–Trinajstić information content (AvgIpc) is 3.20. The molecule has 1 aliphatic heterocycles. The third-order valence-corrected chi connectivity index (χ3v) is 7.37. The van der Waals surface area contributed by atoms with Crippen LogP contribution in [0, 0.1) is 13.8 Å². The summed E-state index contributed by atoms with van der Waals surface area (Å²) >= 11 is 1.36. The molecule has 0 saturated carbocycles. The first-order valence-corrected chi connectivity index (χ1v) is 10.2. The summed E-state index contributed by atoms with van der Waals surface area (Å²) in [6, 6.07) is 9.33. The molecule has 25 heavy (non-hydrogen) atoms. The van der Waals surface area contributed by atoms with Gasteiger partial charge in [0.05, 0.1) is 10.6 Å². The maximum absolute atomic E-state index is 13.3. The van der Waals surface area contributed by atoms with Gasteiger partial charge in [0, 0.05) is 18.3 Å². The highest BCUT2D eigenvalue weighted by Crippen LogP contribution is 2.37. The molecule has 0 aliphatic carbocycles. The Kier molecular flexibility index (Phi) is 3.88. The van der Waals surface area contributed by atoms with Crippen LogP contribution in [0.4, 0.5) is 5.69 Å². The van der Waals surface area contributed by atoms with Crippen LogP contribution in [0.3, 0.4) is 0 Å². The zero-order chi connectivity index (χ0) is 17.6. The van der Waals surface area contributed by atoms with Gasteiger partial charge in [-0.3, -0.25) is 4.31 Å². The van der Waals surface area contributed by atoms with E-state index in [1.54, 1.807) is 13.0 Å². The smallest absolute Gasteiger partial charge is 0.265 e. The summed E-state index contributed by atoms with van der Waals surface area (Å²) in [7, 11) is -3.63. The Bertz CT molecular complexity index is 1040. The van der Waals surface area contributed by atoms with Gasteiger partial charge in [-0.15, -0.1) is 11.3 Å². The Balaban J connectivity index is 1.78. The van der Waals surface area contributed by atoms with E-state index in [9.17, 15) is 8.42 Å². The fourth-order valence-electron chi connectivity index (χ4n) is 3.10. The second kappa shape index (κ2) is 5.96. The van der Waals surface area contributed by atoms with Crippen molar-refractivity contribution in [2.75, 3.05) is 10.8 Å². The molecule has 0 radical (unpaired) electrons. The van der Waals surface area contributed by atoms with E-state index in [0.29, 0.717) is 28.0 Å². The van der Waals surface area contributed by atoms with Crippen molar-refractivity contribution in [1.29, 1.82) is 0 Å². The van der Waals surface area contributed by atoms with Gasteiger partial charge in [-0.1, -0.05) is 23.4 Å². The van der Waals surface area contributed by atoms with E-state index in [1.807, 2.05) is 31.2 Å². The molecule has 1 aromatic carbocycles. The van der Waals surface area contributed by atoms with E-state index in [0.717, 1.165) is 29.0 Å². The number of sulfonamides is 1. The van der Waals surface area contributed by atoms with E-state index in [2.05, 4.69) is 10.1 Å². The van der Waals surface area contributed by atoms with Crippen LogP contribution in [0.2, 0.25) is 0 Å². The summed E-state index contributed by atoms with van der Waals surface area (Å²) in [5.74, 6) is 0.876. The van der Waals surface area contributed by atoms with E-state index in [1.165, 1.54) is 15.6 Å². The predicted molar refractivity (Wildman–Crippen MR) is 96.4 cm³/mol. The number of hydrogen-bond acceptors (Lipinski definition) is 6. The van der Waals surface area contributed by atoms with Crippen LogP contribution in [0.5, 0.6) is 0 Å². The van der Waals surface area contributed by atoms with E-state index in [-0.39, 0.29) is 0 Å². The number of thiophene rings is 1. The topological polar surface area (TPSA) is 76.3 Å². The molecular weight excluding hydrogens is 358 g/mol. The van der Waals surface area contributed by atoms with Gasteiger partial charge in [-0.05, 0) is 37.5 Å². The van der Waals surface area contributed by atoms with E-state index in [4.69, 9.17) is 4.52 Å². The van der Waals surface area contributed by atoms with Crippen molar-refractivity contribution in [2.24, 2.45) is 0 Å². The van der Waals surface area contributed by atoms with Gasteiger partial charge in [0.15, 0.2) is 0 Å². The van der Waals surface area contributed by atoms with Crippen LogP contribution in [-0.2, 0) is 16.4 Å². The Morgan fingerprint density at radius 3 is 2.80 bits per heavy atom. The molecule has 6 nitrogen and oxygen atoms in total. The maximum atomic E-state index is 13.3. The van der Waals surface area contributed by atoms with Gasteiger partial charge in [-0.25, -0.2) is 8.42 Å². The maximum Gasteiger partial charge on any atom is 0.265 e. The summed E-state index contributed by atoms with van der Waals surface area (Å²) in [5.41, 5.74) is 1.84. The van der Waals surface area contributed by atoms with Crippen LogP contribution in [0.15, 0.2) is 39.8 Å².